The van der Waals surface area contributed by atoms with E-state index in [9.17, 15) is 4.79 Å². The van der Waals surface area contributed by atoms with Crippen molar-refractivity contribution in [3.8, 4) is 0 Å². The van der Waals surface area contributed by atoms with Gasteiger partial charge in [-0.25, -0.2) is 4.79 Å². The molecular formula is C7H14N2O2. The van der Waals surface area contributed by atoms with Gasteiger partial charge in [-0.2, -0.15) is 0 Å². The predicted octanol–water partition coefficient (Wildman–Crippen LogP) is 0.394. The van der Waals surface area contributed by atoms with Crippen LogP contribution in [0, 0.1) is 0 Å². The van der Waals surface area contributed by atoms with Crippen LogP contribution in [0.2, 0.25) is 0 Å². The van der Waals surface area contributed by atoms with Crippen LogP contribution < -0.4 is 10.6 Å². The van der Waals surface area contributed by atoms with Crippen molar-refractivity contribution < 1.29 is 9.90 Å². The van der Waals surface area contributed by atoms with Gasteiger partial charge in [0.05, 0.1) is 0 Å². The summed E-state index contributed by atoms with van der Waals surface area (Å²) < 4.78 is 0. The Morgan fingerprint density at radius 1 is 1.73 bits per heavy atom. The molecule has 1 saturated heterocycles. The molecule has 0 saturated carbocycles. The molecule has 1 unspecified atom stereocenters. The fourth-order valence-electron chi connectivity index (χ4n) is 1.44. The van der Waals surface area contributed by atoms with Crippen molar-refractivity contribution in [3.63, 3.8) is 0 Å². The first kappa shape index (κ1) is 8.33. The van der Waals surface area contributed by atoms with Gasteiger partial charge < -0.3 is 15.7 Å². The van der Waals surface area contributed by atoms with Gasteiger partial charge in [-0.1, -0.05) is 0 Å². The van der Waals surface area contributed by atoms with E-state index in [2.05, 4.69) is 17.6 Å². The average molecular weight is 158 g/mol. The summed E-state index contributed by atoms with van der Waals surface area (Å²) in [5.74, 6) is 0. The second kappa shape index (κ2) is 3.57. The molecule has 0 aliphatic carbocycles. The van der Waals surface area contributed by atoms with Crippen LogP contribution >= 0.6 is 0 Å². The van der Waals surface area contributed by atoms with Crippen LogP contribution in [0.15, 0.2) is 0 Å². The van der Waals surface area contributed by atoms with Crippen LogP contribution in [0.5, 0.6) is 0 Å². The molecule has 0 aromatic carbocycles. The van der Waals surface area contributed by atoms with Gasteiger partial charge in [0.1, 0.15) is 0 Å². The molecule has 1 rings (SSSR count). The Labute approximate surface area is 66.0 Å². The highest BCUT2D eigenvalue weighted by molar-refractivity contribution is 5.64. The lowest BCUT2D eigenvalue weighted by Crippen LogP contribution is -2.46. The van der Waals surface area contributed by atoms with Gasteiger partial charge in [-0.05, 0) is 26.3 Å². The van der Waals surface area contributed by atoms with E-state index in [1.54, 1.807) is 0 Å². The third-order valence-corrected chi connectivity index (χ3v) is 1.95. The molecular weight excluding hydrogens is 144 g/mol. The van der Waals surface area contributed by atoms with Crippen LogP contribution in [-0.4, -0.2) is 29.8 Å². The number of hydrogen-bond donors (Lipinski definition) is 3. The van der Waals surface area contributed by atoms with E-state index >= 15 is 0 Å². The molecule has 1 amide bonds. The number of carbonyl (C=O) groups is 1. The minimum atomic E-state index is -0.913. The largest absolute Gasteiger partial charge is 0.465 e. The number of amides is 1. The van der Waals surface area contributed by atoms with Crippen molar-refractivity contribution >= 4 is 6.09 Å². The van der Waals surface area contributed by atoms with Gasteiger partial charge in [0.2, 0.25) is 0 Å². The summed E-state index contributed by atoms with van der Waals surface area (Å²) >= 11 is 0. The number of hydrogen-bond acceptors (Lipinski definition) is 2. The summed E-state index contributed by atoms with van der Waals surface area (Å²) in [6.07, 6.45) is 0.882. The first-order chi connectivity index (χ1) is 5.18. The summed E-state index contributed by atoms with van der Waals surface area (Å²) in [5, 5.41) is 14.2. The molecule has 0 aromatic heterocycles. The van der Waals surface area contributed by atoms with E-state index in [4.69, 9.17) is 5.11 Å². The normalized spacial score (nSPS) is 31.4. The van der Waals surface area contributed by atoms with Gasteiger partial charge in [-0.3, -0.25) is 0 Å². The Morgan fingerprint density at radius 3 is 3.00 bits per heavy atom. The monoisotopic (exact) mass is 158 g/mol. The molecule has 0 radical (unpaired) electrons. The molecule has 1 aliphatic rings. The van der Waals surface area contributed by atoms with Crippen LogP contribution in [-0.2, 0) is 0 Å². The lowest BCUT2D eigenvalue weighted by Gasteiger charge is -2.27. The molecule has 1 heterocycles. The van der Waals surface area contributed by atoms with Crippen molar-refractivity contribution in [2.45, 2.75) is 31.8 Å². The zero-order valence-corrected chi connectivity index (χ0v) is 6.63. The molecule has 4 heteroatoms. The van der Waals surface area contributed by atoms with E-state index in [1.165, 1.54) is 0 Å². The SMILES string of the molecule is C[C@H]1CC(NC(=O)O)CCN1. The van der Waals surface area contributed by atoms with Crippen molar-refractivity contribution in [2.75, 3.05) is 6.54 Å². The molecule has 0 bridgehead atoms. The minimum absolute atomic E-state index is 0.142. The van der Waals surface area contributed by atoms with Crippen molar-refractivity contribution in [2.24, 2.45) is 0 Å². The maximum atomic E-state index is 10.2. The summed E-state index contributed by atoms with van der Waals surface area (Å²) in [5.41, 5.74) is 0. The third-order valence-electron chi connectivity index (χ3n) is 1.95. The van der Waals surface area contributed by atoms with E-state index in [0.29, 0.717) is 6.04 Å². The van der Waals surface area contributed by atoms with E-state index in [1.807, 2.05) is 0 Å². The minimum Gasteiger partial charge on any atom is -0.465 e. The zero-order valence-electron chi connectivity index (χ0n) is 6.63. The van der Waals surface area contributed by atoms with Crippen molar-refractivity contribution in [1.82, 2.24) is 10.6 Å². The molecule has 0 aromatic rings. The standard InChI is InChI=1S/C7H14N2O2/c1-5-4-6(2-3-8-5)9-7(10)11/h5-6,8-9H,2-4H2,1H3,(H,10,11)/t5-,6?/m0/s1. The van der Waals surface area contributed by atoms with Crippen LogP contribution in [0.25, 0.3) is 0 Å². The second-order valence-electron chi connectivity index (χ2n) is 3.03. The molecule has 64 valence electrons. The van der Waals surface area contributed by atoms with Crippen LogP contribution in [0.4, 0.5) is 4.79 Å². The zero-order chi connectivity index (χ0) is 8.27. The molecule has 1 fully saturated rings. The molecule has 11 heavy (non-hydrogen) atoms. The molecule has 3 N–H and O–H groups in total. The first-order valence-corrected chi connectivity index (χ1v) is 3.91. The first-order valence-electron chi connectivity index (χ1n) is 3.91. The molecule has 0 spiro atoms. The smallest absolute Gasteiger partial charge is 0.404 e. The number of carboxylic acid groups (broad SMARTS) is 1. The third kappa shape index (κ3) is 2.76. The number of rotatable bonds is 1. The fourth-order valence-corrected chi connectivity index (χ4v) is 1.44. The lowest BCUT2D eigenvalue weighted by molar-refractivity contribution is 0.184. The summed E-state index contributed by atoms with van der Waals surface area (Å²) in [6.45, 7) is 2.97. The van der Waals surface area contributed by atoms with Gasteiger partial charge in [0.25, 0.3) is 0 Å². The predicted molar refractivity (Wildman–Crippen MR) is 41.6 cm³/mol. The van der Waals surface area contributed by atoms with E-state index < -0.39 is 6.09 Å². The van der Waals surface area contributed by atoms with E-state index in [0.717, 1.165) is 19.4 Å². The Balaban J connectivity index is 2.28. The quantitative estimate of drug-likeness (QED) is 0.517. The van der Waals surface area contributed by atoms with Crippen molar-refractivity contribution in [3.05, 3.63) is 0 Å². The summed E-state index contributed by atoms with van der Waals surface area (Å²) in [6, 6.07) is 0.573. The van der Waals surface area contributed by atoms with Crippen LogP contribution in [0.1, 0.15) is 19.8 Å². The number of piperidine rings is 1. The average Bonchev–Trinajstić information content (AvgIpc) is 1.85. The maximum Gasteiger partial charge on any atom is 0.404 e. The Hall–Kier alpha value is -0.770. The Bertz CT molecular complexity index is 149. The fraction of sp³-hybridized carbons (Fsp3) is 0.857. The highest BCUT2D eigenvalue weighted by Gasteiger charge is 2.18. The highest BCUT2D eigenvalue weighted by atomic mass is 16.4. The second-order valence-corrected chi connectivity index (χ2v) is 3.03. The summed E-state index contributed by atoms with van der Waals surface area (Å²) in [4.78, 5) is 10.2. The Kier molecular flexibility index (Phi) is 2.70. The van der Waals surface area contributed by atoms with Crippen LogP contribution in [0.3, 0.4) is 0 Å². The highest BCUT2D eigenvalue weighted by Crippen LogP contribution is 2.07. The molecule has 4 nitrogen and oxygen atoms in total. The summed E-state index contributed by atoms with van der Waals surface area (Å²) in [7, 11) is 0. The Morgan fingerprint density at radius 2 is 2.45 bits per heavy atom. The van der Waals surface area contributed by atoms with Gasteiger partial charge in [0.15, 0.2) is 0 Å². The maximum absolute atomic E-state index is 10.2. The van der Waals surface area contributed by atoms with Crippen molar-refractivity contribution in [1.29, 1.82) is 0 Å². The molecule has 2 atom stereocenters. The van der Waals surface area contributed by atoms with Gasteiger partial charge >= 0.3 is 6.09 Å². The van der Waals surface area contributed by atoms with Gasteiger partial charge in [-0.15, -0.1) is 0 Å². The molecule has 1 aliphatic heterocycles. The topological polar surface area (TPSA) is 61.4 Å². The van der Waals surface area contributed by atoms with Gasteiger partial charge in [0, 0.05) is 12.1 Å². The lowest BCUT2D eigenvalue weighted by atomic mass is 10.0. The van der Waals surface area contributed by atoms with E-state index in [-0.39, 0.29) is 6.04 Å². The number of nitrogens with one attached hydrogen (secondary N) is 2.